The second kappa shape index (κ2) is 6.24. The summed E-state index contributed by atoms with van der Waals surface area (Å²) in [5.74, 6) is 0. The molecule has 0 radical (unpaired) electrons. The number of rotatable bonds is 3. The number of aliphatic hydroxyl groups is 8. The first kappa shape index (κ1) is 17.9. The van der Waals surface area contributed by atoms with Crippen molar-refractivity contribution in [2.75, 3.05) is 19.8 Å². The lowest BCUT2D eigenvalue weighted by Crippen LogP contribution is -2.80. The van der Waals surface area contributed by atoms with Gasteiger partial charge in [-0.2, -0.15) is 0 Å². The van der Waals surface area contributed by atoms with Crippen LogP contribution in [0.25, 0.3) is 0 Å². The van der Waals surface area contributed by atoms with Crippen LogP contribution in [-0.2, 0) is 9.47 Å². The van der Waals surface area contributed by atoms with E-state index in [1.807, 2.05) is 0 Å². The third-order valence-corrected chi connectivity index (χ3v) is 4.49. The minimum absolute atomic E-state index is 0.270. The maximum Gasteiger partial charge on any atom is 0.190 e. The Bertz CT molecular complexity index is 394. The molecular weight excluding hydrogens is 304 g/mol. The normalized spacial score (nSPS) is 53.5. The molecule has 130 valence electrons. The summed E-state index contributed by atoms with van der Waals surface area (Å²) in [7, 11) is 0. The summed E-state index contributed by atoms with van der Waals surface area (Å²) in [5, 5.41) is 79.1. The molecule has 0 bridgehead atoms. The van der Waals surface area contributed by atoms with E-state index >= 15 is 0 Å². The van der Waals surface area contributed by atoms with E-state index in [1.54, 1.807) is 0 Å². The monoisotopic (exact) mass is 326 g/mol. The summed E-state index contributed by atoms with van der Waals surface area (Å²) in [4.78, 5) is 0. The van der Waals surface area contributed by atoms with E-state index in [4.69, 9.17) is 19.7 Å². The van der Waals surface area contributed by atoms with Gasteiger partial charge in [-0.05, 0) is 0 Å². The minimum Gasteiger partial charge on any atom is -0.394 e. The van der Waals surface area contributed by atoms with Crippen molar-refractivity contribution in [3.05, 3.63) is 0 Å². The fourth-order valence-electron chi connectivity index (χ4n) is 2.94. The Hall–Kier alpha value is -0.400. The average molecular weight is 326 g/mol. The largest absolute Gasteiger partial charge is 0.394 e. The van der Waals surface area contributed by atoms with E-state index in [-0.39, 0.29) is 6.42 Å². The van der Waals surface area contributed by atoms with Gasteiger partial charge in [-0.3, -0.25) is 0 Å². The molecule has 2 rings (SSSR count). The van der Waals surface area contributed by atoms with Gasteiger partial charge in [0, 0.05) is 6.42 Å². The molecular formula is C12H22O10. The van der Waals surface area contributed by atoms with Crippen molar-refractivity contribution in [2.24, 2.45) is 0 Å². The highest BCUT2D eigenvalue weighted by atomic mass is 16.6. The lowest BCUT2D eigenvalue weighted by atomic mass is 9.69. The van der Waals surface area contributed by atoms with Gasteiger partial charge in [0.2, 0.25) is 0 Å². The Balaban J connectivity index is 2.32. The van der Waals surface area contributed by atoms with E-state index in [0.717, 1.165) is 0 Å². The average Bonchev–Trinajstić information content (AvgIpc) is 2.51. The molecule has 10 nitrogen and oxygen atoms in total. The van der Waals surface area contributed by atoms with Gasteiger partial charge in [-0.25, -0.2) is 0 Å². The zero-order valence-electron chi connectivity index (χ0n) is 11.7. The Morgan fingerprint density at radius 3 is 2.14 bits per heavy atom. The molecule has 8 N–H and O–H groups in total. The van der Waals surface area contributed by atoms with Gasteiger partial charge >= 0.3 is 0 Å². The summed E-state index contributed by atoms with van der Waals surface area (Å²) in [6.07, 6.45) is -10.2. The second-order valence-electron chi connectivity index (χ2n) is 5.76. The summed E-state index contributed by atoms with van der Waals surface area (Å²) >= 11 is 0. The van der Waals surface area contributed by atoms with E-state index in [9.17, 15) is 30.6 Å². The molecule has 2 aliphatic heterocycles. The Kier molecular flexibility index (Phi) is 5.09. The van der Waals surface area contributed by atoms with Crippen molar-refractivity contribution in [3.63, 3.8) is 0 Å². The summed E-state index contributed by atoms with van der Waals surface area (Å²) < 4.78 is 9.91. The molecule has 2 fully saturated rings. The van der Waals surface area contributed by atoms with Crippen LogP contribution in [0.4, 0.5) is 0 Å². The molecule has 0 unspecified atom stereocenters. The van der Waals surface area contributed by atoms with Crippen LogP contribution in [0.1, 0.15) is 6.42 Å². The van der Waals surface area contributed by atoms with Gasteiger partial charge in [-0.15, -0.1) is 0 Å². The first-order valence-electron chi connectivity index (χ1n) is 6.88. The minimum atomic E-state index is -2.86. The topological polar surface area (TPSA) is 180 Å². The van der Waals surface area contributed by atoms with Gasteiger partial charge in [0.15, 0.2) is 11.9 Å². The van der Waals surface area contributed by atoms with E-state index < -0.39 is 67.8 Å². The fraction of sp³-hybridized carbons (Fsp3) is 1.00. The SMILES string of the molecule is OC[C@@H]1C[C@H](O)[C@@](O)([C@]2(O)[C@@H](O)O[C@H](CO)[C@@H](O)[C@@H]2O)CO1. The van der Waals surface area contributed by atoms with Crippen LogP contribution in [-0.4, -0.2) is 109 Å². The molecule has 0 saturated carbocycles. The highest BCUT2D eigenvalue weighted by molar-refractivity contribution is 5.15. The van der Waals surface area contributed by atoms with E-state index in [0.29, 0.717) is 0 Å². The van der Waals surface area contributed by atoms with Crippen molar-refractivity contribution in [1.82, 2.24) is 0 Å². The zero-order valence-corrected chi connectivity index (χ0v) is 11.7. The van der Waals surface area contributed by atoms with Crippen molar-refractivity contribution in [2.45, 2.75) is 54.4 Å². The molecule has 22 heavy (non-hydrogen) atoms. The number of hydrogen-bond donors (Lipinski definition) is 8. The van der Waals surface area contributed by atoms with Crippen LogP contribution in [0.15, 0.2) is 0 Å². The van der Waals surface area contributed by atoms with Gasteiger partial charge in [0.25, 0.3) is 0 Å². The number of ether oxygens (including phenoxy) is 2. The van der Waals surface area contributed by atoms with Gasteiger partial charge < -0.3 is 50.3 Å². The Morgan fingerprint density at radius 1 is 1.00 bits per heavy atom. The van der Waals surface area contributed by atoms with Crippen LogP contribution in [0.5, 0.6) is 0 Å². The maximum absolute atomic E-state index is 10.6. The Labute approximate surface area is 125 Å². The third-order valence-electron chi connectivity index (χ3n) is 4.49. The fourth-order valence-corrected chi connectivity index (χ4v) is 2.94. The van der Waals surface area contributed by atoms with Crippen molar-refractivity contribution >= 4 is 0 Å². The zero-order chi connectivity index (χ0) is 16.7. The third kappa shape index (κ3) is 2.45. The first-order chi connectivity index (χ1) is 10.2. The van der Waals surface area contributed by atoms with Gasteiger partial charge in [0.05, 0.1) is 32.0 Å². The predicted molar refractivity (Wildman–Crippen MR) is 67.3 cm³/mol. The van der Waals surface area contributed by atoms with Gasteiger partial charge in [-0.1, -0.05) is 0 Å². The lowest BCUT2D eigenvalue weighted by Gasteiger charge is -2.56. The maximum atomic E-state index is 10.6. The summed E-state index contributed by atoms with van der Waals surface area (Å²) in [6, 6.07) is 0. The van der Waals surface area contributed by atoms with Crippen LogP contribution < -0.4 is 0 Å². The van der Waals surface area contributed by atoms with Crippen molar-refractivity contribution in [1.29, 1.82) is 0 Å². The highest BCUT2D eigenvalue weighted by Gasteiger charge is 2.68. The summed E-state index contributed by atoms with van der Waals surface area (Å²) in [5.41, 5.74) is -5.42. The molecule has 0 aromatic carbocycles. The molecule has 8 atom stereocenters. The Morgan fingerprint density at radius 2 is 1.64 bits per heavy atom. The highest BCUT2D eigenvalue weighted by Crippen LogP contribution is 2.42. The molecule has 0 amide bonds. The molecule has 0 spiro atoms. The molecule has 2 saturated heterocycles. The van der Waals surface area contributed by atoms with Gasteiger partial charge in [0.1, 0.15) is 23.9 Å². The van der Waals surface area contributed by atoms with Crippen molar-refractivity contribution in [3.8, 4) is 0 Å². The smallest absolute Gasteiger partial charge is 0.190 e. The second-order valence-corrected chi connectivity index (χ2v) is 5.76. The molecule has 10 heteroatoms. The molecule has 0 aromatic rings. The van der Waals surface area contributed by atoms with Crippen LogP contribution >= 0.6 is 0 Å². The molecule has 0 aliphatic carbocycles. The molecule has 2 aliphatic rings. The standard InChI is InChI=1S/C12H22O10/c13-2-5-1-7(15)11(19,4-21-5)12(20)9(17)8(16)6(3-14)22-10(12)18/h5-10,13-20H,1-4H2/t5-,6+,7-,8+,9-,10-,11+,12+/m0/s1. The predicted octanol–water partition coefficient (Wildman–Crippen LogP) is -4.98. The van der Waals surface area contributed by atoms with E-state index in [2.05, 4.69) is 0 Å². The van der Waals surface area contributed by atoms with Crippen LogP contribution in [0.2, 0.25) is 0 Å². The quantitative estimate of drug-likeness (QED) is 0.250. The van der Waals surface area contributed by atoms with Crippen molar-refractivity contribution < 1.29 is 50.3 Å². The number of hydrogen-bond acceptors (Lipinski definition) is 10. The summed E-state index contributed by atoms with van der Waals surface area (Å²) in [6.45, 7) is -1.89. The molecule has 0 aromatic heterocycles. The lowest BCUT2D eigenvalue weighted by molar-refractivity contribution is -0.392. The van der Waals surface area contributed by atoms with E-state index in [1.165, 1.54) is 0 Å². The van der Waals surface area contributed by atoms with Crippen LogP contribution in [0.3, 0.4) is 0 Å². The molecule has 2 heterocycles. The number of aliphatic hydroxyl groups excluding tert-OH is 6. The first-order valence-corrected chi connectivity index (χ1v) is 6.88. The van der Waals surface area contributed by atoms with Crippen LogP contribution in [0, 0.1) is 0 Å².